The summed E-state index contributed by atoms with van der Waals surface area (Å²) in [6.45, 7) is 5.74. The van der Waals surface area contributed by atoms with Crippen LogP contribution in [0.3, 0.4) is 0 Å². The van der Waals surface area contributed by atoms with Gasteiger partial charge in [0.15, 0.2) is 0 Å². The van der Waals surface area contributed by atoms with Gasteiger partial charge in [-0.25, -0.2) is 12.8 Å². The molecule has 0 aliphatic heterocycles. The first-order valence-corrected chi connectivity index (χ1v) is 16.2. The van der Waals surface area contributed by atoms with Crippen molar-refractivity contribution in [2.45, 2.75) is 57.5 Å². The highest BCUT2D eigenvalue weighted by Crippen LogP contribution is 2.28. The molecule has 0 saturated carbocycles. The minimum atomic E-state index is -4.31. The molecule has 0 radical (unpaired) electrons. The number of amides is 2. The van der Waals surface area contributed by atoms with Crippen LogP contribution in [0.25, 0.3) is 0 Å². The summed E-state index contributed by atoms with van der Waals surface area (Å²) in [5, 5.41) is 3.48. The van der Waals surface area contributed by atoms with Gasteiger partial charge >= 0.3 is 0 Å². The van der Waals surface area contributed by atoms with Gasteiger partial charge in [-0.3, -0.25) is 13.9 Å². The Morgan fingerprint density at radius 1 is 0.953 bits per heavy atom. The van der Waals surface area contributed by atoms with Crippen LogP contribution in [0, 0.1) is 5.82 Å². The highest BCUT2D eigenvalue weighted by Gasteiger charge is 2.33. The molecule has 0 fully saturated rings. The molecule has 0 aliphatic rings. The van der Waals surface area contributed by atoms with E-state index in [0.29, 0.717) is 29.5 Å². The molecule has 8 nitrogen and oxygen atoms in total. The lowest BCUT2D eigenvalue weighted by Gasteiger charge is -2.33. The number of nitrogens with zero attached hydrogens (tertiary/aromatic N) is 2. The summed E-state index contributed by atoms with van der Waals surface area (Å²) in [7, 11) is -4.31. The van der Waals surface area contributed by atoms with Crippen LogP contribution in [0.2, 0.25) is 10.0 Å². The first kappa shape index (κ1) is 34.2. The predicted octanol–water partition coefficient (Wildman–Crippen LogP) is 6.45. The number of anilines is 1. The van der Waals surface area contributed by atoms with E-state index in [9.17, 15) is 22.4 Å². The number of carbonyl (C=O) groups is 2. The molecule has 0 unspecified atom stereocenters. The van der Waals surface area contributed by atoms with E-state index in [-0.39, 0.29) is 34.5 Å². The zero-order chi connectivity index (χ0) is 31.6. The van der Waals surface area contributed by atoms with Crippen molar-refractivity contribution in [2.24, 2.45) is 0 Å². The molecule has 232 valence electrons. The van der Waals surface area contributed by atoms with E-state index in [2.05, 4.69) is 5.32 Å². The van der Waals surface area contributed by atoms with Crippen LogP contribution in [0.15, 0.2) is 71.6 Å². The van der Waals surface area contributed by atoms with Crippen molar-refractivity contribution in [2.75, 3.05) is 24.0 Å². The number of unbranched alkanes of at least 4 members (excludes halogenated alkanes) is 1. The maximum atomic E-state index is 14.1. The average molecular weight is 653 g/mol. The van der Waals surface area contributed by atoms with E-state index in [0.717, 1.165) is 29.3 Å². The van der Waals surface area contributed by atoms with Crippen LogP contribution in [-0.2, 0) is 26.2 Å². The Bertz CT molecular complexity index is 1490. The Balaban J connectivity index is 2.04. The molecule has 0 aliphatic carbocycles. The maximum Gasteiger partial charge on any atom is 0.264 e. The Morgan fingerprint density at radius 2 is 1.63 bits per heavy atom. The summed E-state index contributed by atoms with van der Waals surface area (Å²) >= 11 is 12.3. The smallest absolute Gasteiger partial charge is 0.264 e. The molecular weight excluding hydrogens is 616 g/mol. The van der Waals surface area contributed by atoms with Crippen LogP contribution < -0.4 is 14.4 Å². The Morgan fingerprint density at radius 3 is 2.21 bits per heavy atom. The first-order chi connectivity index (χ1) is 20.5. The van der Waals surface area contributed by atoms with Gasteiger partial charge in [0.25, 0.3) is 10.0 Å². The number of carbonyl (C=O) groups excluding carboxylic acids is 2. The van der Waals surface area contributed by atoms with Crippen molar-refractivity contribution in [3.05, 3.63) is 88.2 Å². The normalized spacial score (nSPS) is 12.0. The van der Waals surface area contributed by atoms with Crippen molar-refractivity contribution in [3.63, 3.8) is 0 Å². The number of rotatable bonds is 15. The van der Waals surface area contributed by atoms with Crippen molar-refractivity contribution in [1.82, 2.24) is 10.2 Å². The third-order valence-electron chi connectivity index (χ3n) is 6.67. The standard InChI is InChI=1S/C31H36Cl2FN3O5S/c1-4-7-18-35-31(39)29(5-2)36(20-22-8-17-27(32)28(33)19-22)30(38)21-37(24-11-9-23(34)10-12-24)43(40,41)26-15-13-25(14-16-26)42-6-3/h8-17,19,29H,4-7,18,20-21H2,1-3H3,(H,35,39)/t29-/m0/s1. The Kier molecular flexibility index (Phi) is 12.7. The molecule has 0 heterocycles. The highest BCUT2D eigenvalue weighted by atomic mass is 35.5. The number of hydrogen-bond acceptors (Lipinski definition) is 5. The minimum absolute atomic E-state index is 0.0320. The minimum Gasteiger partial charge on any atom is -0.494 e. The summed E-state index contributed by atoms with van der Waals surface area (Å²) in [6, 6.07) is 14.6. The number of ether oxygens (including phenoxy) is 1. The van der Waals surface area contributed by atoms with Crippen LogP contribution in [0.5, 0.6) is 5.75 Å². The van der Waals surface area contributed by atoms with Crippen molar-refractivity contribution in [1.29, 1.82) is 0 Å². The Labute approximate surface area is 262 Å². The van der Waals surface area contributed by atoms with Crippen molar-refractivity contribution in [3.8, 4) is 5.75 Å². The Hall–Kier alpha value is -3.34. The van der Waals surface area contributed by atoms with Crippen LogP contribution in [0.4, 0.5) is 10.1 Å². The molecule has 1 atom stereocenters. The summed E-state index contributed by atoms with van der Waals surface area (Å²) in [6.07, 6.45) is 1.91. The van der Waals surface area contributed by atoms with Gasteiger partial charge in [-0.05, 0) is 86.0 Å². The largest absolute Gasteiger partial charge is 0.494 e. The molecule has 3 aromatic carbocycles. The first-order valence-electron chi connectivity index (χ1n) is 14.0. The highest BCUT2D eigenvalue weighted by molar-refractivity contribution is 7.92. The fraction of sp³-hybridized carbons (Fsp3) is 0.355. The molecule has 0 aromatic heterocycles. The van der Waals surface area contributed by atoms with Crippen LogP contribution in [0.1, 0.15) is 45.6 Å². The van der Waals surface area contributed by atoms with Gasteiger partial charge in [-0.1, -0.05) is 49.5 Å². The van der Waals surface area contributed by atoms with Crippen molar-refractivity contribution < 1.29 is 27.1 Å². The SMILES string of the molecule is CCCCNC(=O)[C@H](CC)N(Cc1ccc(Cl)c(Cl)c1)C(=O)CN(c1ccc(F)cc1)S(=O)(=O)c1ccc(OCC)cc1. The fourth-order valence-electron chi connectivity index (χ4n) is 4.40. The zero-order valence-corrected chi connectivity index (χ0v) is 26.7. The third kappa shape index (κ3) is 9.08. The second-order valence-electron chi connectivity index (χ2n) is 9.73. The summed E-state index contributed by atoms with van der Waals surface area (Å²) in [4.78, 5) is 28.6. The molecule has 12 heteroatoms. The van der Waals surface area contributed by atoms with Gasteiger partial charge in [0.2, 0.25) is 11.8 Å². The topological polar surface area (TPSA) is 96.0 Å². The summed E-state index contributed by atoms with van der Waals surface area (Å²) < 4.78 is 48.1. The lowest BCUT2D eigenvalue weighted by atomic mass is 10.1. The average Bonchev–Trinajstić information content (AvgIpc) is 2.98. The van der Waals surface area contributed by atoms with Gasteiger partial charge in [-0.15, -0.1) is 0 Å². The number of halogens is 3. The lowest BCUT2D eigenvalue weighted by Crippen LogP contribution is -2.52. The molecule has 3 rings (SSSR count). The molecule has 0 spiro atoms. The lowest BCUT2D eigenvalue weighted by molar-refractivity contribution is -0.140. The molecular formula is C31H36Cl2FN3O5S. The quantitative estimate of drug-likeness (QED) is 0.191. The fourth-order valence-corrected chi connectivity index (χ4v) is 6.13. The molecule has 0 saturated heterocycles. The van der Waals surface area contributed by atoms with E-state index in [1.807, 2.05) is 13.8 Å². The summed E-state index contributed by atoms with van der Waals surface area (Å²) in [5.41, 5.74) is 0.684. The van der Waals surface area contributed by atoms with Gasteiger partial charge in [0.1, 0.15) is 24.2 Å². The van der Waals surface area contributed by atoms with E-state index in [1.165, 1.54) is 41.3 Å². The van der Waals surface area contributed by atoms with Gasteiger partial charge in [-0.2, -0.15) is 0 Å². The number of sulfonamides is 1. The zero-order valence-electron chi connectivity index (χ0n) is 24.4. The second-order valence-corrected chi connectivity index (χ2v) is 12.4. The summed E-state index contributed by atoms with van der Waals surface area (Å²) in [5.74, 6) is -1.07. The van der Waals surface area contributed by atoms with E-state index in [1.54, 1.807) is 25.1 Å². The van der Waals surface area contributed by atoms with Crippen LogP contribution >= 0.6 is 23.2 Å². The van der Waals surface area contributed by atoms with Gasteiger partial charge < -0.3 is 15.0 Å². The molecule has 1 N–H and O–H groups in total. The van der Waals surface area contributed by atoms with Gasteiger partial charge in [0, 0.05) is 13.1 Å². The number of hydrogen-bond donors (Lipinski definition) is 1. The van der Waals surface area contributed by atoms with Gasteiger partial charge in [0.05, 0.1) is 27.2 Å². The molecule has 0 bridgehead atoms. The molecule has 3 aromatic rings. The molecule has 2 amide bonds. The second kappa shape index (κ2) is 15.9. The van der Waals surface area contributed by atoms with E-state index < -0.39 is 34.3 Å². The van der Waals surface area contributed by atoms with Crippen LogP contribution in [-0.4, -0.2) is 50.9 Å². The predicted molar refractivity (Wildman–Crippen MR) is 168 cm³/mol. The molecule has 43 heavy (non-hydrogen) atoms. The number of benzene rings is 3. The van der Waals surface area contributed by atoms with E-state index in [4.69, 9.17) is 27.9 Å². The van der Waals surface area contributed by atoms with E-state index >= 15 is 0 Å². The van der Waals surface area contributed by atoms with Crippen molar-refractivity contribution >= 4 is 50.7 Å². The monoisotopic (exact) mass is 651 g/mol. The maximum absolute atomic E-state index is 14.1. The third-order valence-corrected chi connectivity index (χ3v) is 9.20. The number of nitrogens with one attached hydrogen (secondary N) is 1.